The van der Waals surface area contributed by atoms with Gasteiger partial charge in [-0.05, 0) is 12.1 Å². The predicted octanol–water partition coefficient (Wildman–Crippen LogP) is 0.499. The number of aromatic nitrogens is 2. The molecule has 2 aliphatic heterocycles. The second kappa shape index (κ2) is 6.60. The van der Waals surface area contributed by atoms with Crippen molar-refractivity contribution in [3.8, 4) is 5.75 Å². The Morgan fingerprint density at radius 1 is 1.22 bits per heavy atom. The molecule has 9 nitrogen and oxygen atoms in total. The quantitative estimate of drug-likeness (QED) is 0.566. The van der Waals surface area contributed by atoms with Crippen molar-refractivity contribution in [2.24, 2.45) is 7.05 Å². The van der Waals surface area contributed by atoms with Gasteiger partial charge in [-0.15, -0.1) is 0 Å². The zero-order chi connectivity index (χ0) is 19.1. The van der Waals surface area contributed by atoms with E-state index in [4.69, 9.17) is 14.2 Å². The summed E-state index contributed by atoms with van der Waals surface area (Å²) in [5.41, 5.74) is -0.724. The van der Waals surface area contributed by atoms with E-state index in [1.54, 1.807) is 30.3 Å². The van der Waals surface area contributed by atoms with E-state index in [0.717, 1.165) is 6.54 Å². The highest BCUT2D eigenvalue weighted by molar-refractivity contribution is 5.94. The van der Waals surface area contributed by atoms with Gasteiger partial charge in [0, 0.05) is 13.6 Å². The number of carbonyl (C=O) groups is 2. The number of methoxy groups -OCH3 is 1. The van der Waals surface area contributed by atoms with Crippen LogP contribution in [-0.4, -0.2) is 52.9 Å². The number of fused-ring (bicyclic) bond motifs is 1. The third-order valence-electron chi connectivity index (χ3n) is 4.63. The smallest absolute Gasteiger partial charge is 0.360 e. The molecule has 9 heteroatoms. The van der Waals surface area contributed by atoms with Gasteiger partial charge in [-0.25, -0.2) is 14.6 Å². The minimum atomic E-state index is -0.855. The van der Waals surface area contributed by atoms with Crippen LogP contribution in [0.4, 0.5) is 0 Å². The number of hydrogen-bond donors (Lipinski definition) is 0. The summed E-state index contributed by atoms with van der Waals surface area (Å²) in [4.78, 5) is 43.7. The van der Waals surface area contributed by atoms with Crippen molar-refractivity contribution in [1.82, 2.24) is 14.5 Å². The van der Waals surface area contributed by atoms with Gasteiger partial charge in [0.2, 0.25) is 5.75 Å². The first kappa shape index (κ1) is 17.4. The topological polar surface area (TPSA) is 99.7 Å². The number of nitrogens with zero attached hydrogens (tertiary/aromatic N) is 3. The molecule has 2 aromatic rings. The molecule has 0 radical (unpaired) electrons. The lowest BCUT2D eigenvalue weighted by atomic mass is 10.2. The molecule has 0 N–H and O–H groups in total. The minimum Gasteiger partial charge on any atom is -0.464 e. The summed E-state index contributed by atoms with van der Waals surface area (Å²) in [6.45, 7) is 1.34. The molecule has 3 atom stereocenters. The monoisotopic (exact) mass is 371 g/mol. The average Bonchev–Trinajstić information content (AvgIpc) is 3.15. The first-order chi connectivity index (χ1) is 13.0. The summed E-state index contributed by atoms with van der Waals surface area (Å²) < 4.78 is 16.8. The van der Waals surface area contributed by atoms with E-state index in [9.17, 15) is 14.4 Å². The number of rotatable bonds is 4. The number of esters is 2. The second-order valence-electron chi connectivity index (χ2n) is 6.20. The van der Waals surface area contributed by atoms with Crippen LogP contribution in [0.3, 0.4) is 0 Å². The largest absolute Gasteiger partial charge is 0.464 e. The van der Waals surface area contributed by atoms with Gasteiger partial charge in [0.05, 0.1) is 19.3 Å². The van der Waals surface area contributed by atoms with E-state index in [2.05, 4.69) is 4.98 Å². The standard InChI is InChI=1S/C18H17N3O6/c1-20-14(12-16-21(12)8-9-26-16)19-11(18(24)25-2)13(15(20)22)27-17(23)10-6-4-3-5-7-10/h3-7,12,16H,8-9H2,1-2H3. The molecule has 140 valence electrons. The van der Waals surface area contributed by atoms with Gasteiger partial charge in [-0.3, -0.25) is 14.3 Å². The van der Waals surface area contributed by atoms with Crippen LogP contribution in [0.2, 0.25) is 0 Å². The molecule has 3 unspecified atom stereocenters. The fourth-order valence-electron chi connectivity index (χ4n) is 3.17. The van der Waals surface area contributed by atoms with Crippen LogP contribution in [0.5, 0.6) is 5.75 Å². The SMILES string of the molecule is COC(=O)c1nc(C2C3OCCN32)n(C)c(=O)c1OC(=O)c1ccccc1. The molecule has 4 rings (SSSR count). The van der Waals surface area contributed by atoms with Crippen molar-refractivity contribution in [3.05, 3.63) is 57.8 Å². The molecule has 0 amide bonds. The van der Waals surface area contributed by atoms with Crippen molar-refractivity contribution < 1.29 is 23.8 Å². The van der Waals surface area contributed by atoms with Crippen molar-refractivity contribution in [3.63, 3.8) is 0 Å². The molecule has 2 aliphatic rings. The van der Waals surface area contributed by atoms with Crippen LogP contribution in [0, 0.1) is 0 Å². The second-order valence-corrected chi connectivity index (χ2v) is 6.20. The number of benzene rings is 1. The van der Waals surface area contributed by atoms with E-state index in [-0.39, 0.29) is 23.5 Å². The van der Waals surface area contributed by atoms with Crippen LogP contribution < -0.4 is 10.3 Å². The molecule has 2 fully saturated rings. The molecule has 0 bridgehead atoms. The Hall–Kier alpha value is -3.04. The van der Waals surface area contributed by atoms with E-state index < -0.39 is 23.2 Å². The van der Waals surface area contributed by atoms with Crippen LogP contribution in [-0.2, 0) is 16.5 Å². The van der Waals surface area contributed by atoms with E-state index in [0.29, 0.717) is 12.4 Å². The lowest BCUT2D eigenvalue weighted by molar-refractivity contribution is 0.0583. The molecule has 27 heavy (non-hydrogen) atoms. The number of carbonyl (C=O) groups excluding carboxylic acids is 2. The number of hydrogen-bond acceptors (Lipinski definition) is 8. The van der Waals surface area contributed by atoms with Crippen molar-refractivity contribution in [2.45, 2.75) is 12.3 Å². The minimum absolute atomic E-state index is 0.147. The summed E-state index contributed by atoms with van der Waals surface area (Å²) >= 11 is 0. The van der Waals surface area contributed by atoms with Gasteiger partial charge in [0.25, 0.3) is 5.56 Å². The first-order valence-electron chi connectivity index (χ1n) is 8.36. The highest BCUT2D eigenvalue weighted by Gasteiger charge is 2.55. The van der Waals surface area contributed by atoms with Gasteiger partial charge >= 0.3 is 11.9 Å². The van der Waals surface area contributed by atoms with E-state index >= 15 is 0 Å². The molecule has 1 aromatic carbocycles. The lowest BCUT2D eigenvalue weighted by Crippen LogP contribution is -2.30. The van der Waals surface area contributed by atoms with E-state index in [1.165, 1.54) is 18.7 Å². The van der Waals surface area contributed by atoms with Crippen LogP contribution in [0.25, 0.3) is 0 Å². The Balaban J connectivity index is 1.74. The van der Waals surface area contributed by atoms with Gasteiger partial charge < -0.3 is 14.2 Å². The van der Waals surface area contributed by atoms with Crippen LogP contribution >= 0.6 is 0 Å². The first-order valence-corrected chi connectivity index (χ1v) is 8.36. The fraction of sp³-hybridized carbons (Fsp3) is 0.333. The van der Waals surface area contributed by atoms with E-state index in [1.807, 2.05) is 4.90 Å². The van der Waals surface area contributed by atoms with Gasteiger partial charge in [-0.1, -0.05) is 18.2 Å². The Morgan fingerprint density at radius 3 is 2.59 bits per heavy atom. The van der Waals surface area contributed by atoms with Gasteiger partial charge in [0.1, 0.15) is 18.1 Å². The zero-order valence-electron chi connectivity index (χ0n) is 14.7. The molecular weight excluding hydrogens is 354 g/mol. The van der Waals surface area contributed by atoms with Crippen LogP contribution in [0.1, 0.15) is 32.7 Å². The van der Waals surface area contributed by atoms with Crippen molar-refractivity contribution in [1.29, 1.82) is 0 Å². The number of morpholine rings is 1. The molecule has 0 aliphatic carbocycles. The lowest BCUT2D eigenvalue weighted by Gasteiger charge is -2.13. The normalized spacial score (nSPS) is 22.8. The predicted molar refractivity (Wildman–Crippen MR) is 91.4 cm³/mol. The summed E-state index contributed by atoms with van der Waals surface area (Å²) in [6.07, 6.45) is -0.147. The Kier molecular flexibility index (Phi) is 4.25. The van der Waals surface area contributed by atoms with Gasteiger partial charge in [-0.2, -0.15) is 0 Å². The highest BCUT2D eigenvalue weighted by atomic mass is 16.5. The summed E-state index contributed by atoms with van der Waals surface area (Å²) in [6, 6.07) is 7.95. The summed E-state index contributed by atoms with van der Waals surface area (Å²) in [5.74, 6) is -1.71. The maximum atomic E-state index is 12.8. The Morgan fingerprint density at radius 2 is 1.96 bits per heavy atom. The third kappa shape index (κ3) is 2.90. The van der Waals surface area contributed by atoms with Crippen LogP contribution in [0.15, 0.2) is 35.1 Å². The molecule has 3 heterocycles. The molecule has 0 saturated carbocycles. The summed E-state index contributed by atoms with van der Waals surface area (Å²) in [7, 11) is 2.68. The average molecular weight is 371 g/mol. The maximum absolute atomic E-state index is 12.8. The maximum Gasteiger partial charge on any atom is 0.360 e. The molecule has 1 aromatic heterocycles. The van der Waals surface area contributed by atoms with Gasteiger partial charge in [0.15, 0.2) is 5.69 Å². The van der Waals surface area contributed by atoms with Crippen molar-refractivity contribution in [2.75, 3.05) is 20.3 Å². The molecule has 2 saturated heterocycles. The fourth-order valence-corrected chi connectivity index (χ4v) is 3.17. The number of ether oxygens (including phenoxy) is 3. The Bertz CT molecular complexity index is 961. The molecule has 0 spiro atoms. The highest BCUT2D eigenvalue weighted by Crippen LogP contribution is 2.45. The molecular formula is C18H17N3O6. The summed E-state index contributed by atoms with van der Waals surface area (Å²) in [5, 5.41) is 0. The third-order valence-corrected chi connectivity index (χ3v) is 4.63. The Labute approximate surface area is 154 Å². The zero-order valence-corrected chi connectivity index (χ0v) is 14.7. The van der Waals surface area contributed by atoms with Crippen molar-refractivity contribution >= 4 is 11.9 Å².